The Kier molecular flexibility index (Phi) is 5.83. The maximum Gasteiger partial charge on any atom is 0.177 e. The maximum atomic E-state index is 6.28. The summed E-state index contributed by atoms with van der Waals surface area (Å²) >= 11 is 6.28. The lowest BCUT2D eigenvalue weighted by molar-refractivity contribution is 0.196. The molecule has 3 aromatic rings. The SMILES string of the molecule is CCCOc1ccc(Cl)cc1C1CCN(Cc2nc3ncccc3n2C)CC1. The molecule has 4 rings (SSSR count). The van der Waals surface area contributed by atoms with E-state index in [2.05, 4.69) is 40.6 Å². The van der Waals surface area contributed by atoms with Crippen molar-refractivity contribution in [3.8, 4) is 5.75 Å². The summed E-state index contributed by atoms with van der Waals surface area (Å²) in [7, 11) is 2.07. The molecule has 0 aliphatic carbocycles. The zero-order chi connectivity index (χ0) is 19.5. The minimum atomic E-state index is 0.490. The second-order valence-electron chi connectivity index (χ2n) is 7.51. The average molecular weight is 399 g/mol. The first-order chi connectivity index (χ1) is 13.7. The molecule has 0 amide bonds. The molecule has 28 heavy (non-hydrogen) atoms. The van der Waals surface area contributed by atoms with E-state index in [9.17, 15) is 0 Å². The van der Waals surface area contributed by atoms with Gasteiger partial charge in [0.15, 0.2) is 5.65 Å². The molecule has 5 nitrogen and oxygen atoms in total. The van der Waals surface area contributed by atoms with Crippen LogP contribution in [0.2, 0.25) is 5.02 Å². The van der Waals surface area contributed by atoms with Crippen molar-refractivity contribution in [3.05, 3.63) is 52.9 Å². The molecule has 1 fully saturated rings. The number of imidazole rings is 1. The minimum absolute atomic E-state index is 0.490. The minimum Gasteiger partial charge on any atom is -0.493 e. The Hall–Kier alpha value is -2.11. The number of hydrogen-bond donors (Lipinski definition) is 0. The molecule has 148 valence electrons. The summed E-state index contributed by atoms with van der Waals surface area (Å²) in [5.74, 6) is 2.55. The van der Waals surface area contributed by atoms with Gasteiger partial charge in [-0.05, 0) is 74.2 Å². The van der Waals surface area contributed by atoms with Crippen molar-refractivity contribution in [2.75, 3.05) is 19.7 Å². The number of aryl methyl sites for hydroxylation is 1. The third-order valence-electron chi connectivity index (χ3n) is 5.58. The Balaban J connectivity index is 1.43. The number of benzene rings is 1. The molecule has 0 unspecified atom stereocenters. The van der Waals surface area contributed by atoms with E-state index in [1.54, 1.807) is 6.20 Å². The van der Waals surface area contributed by atoms with Crippen LogP contribution in [0.3, 0.4) is 0 Å². The average Bonchev–Trinajstić information content (AvgIpc) is 3.03. The molecule has 6 heteroatoms. The number of hydrogen-bond acceptors (Lipinski definition) is 4. The van der Waals surface area contributed by atoms with Crippen LogP contribution in [0.15, 0.2) is 36.5 Å². The van der Waals surface area contributed by atoms with Crippen molar-refractivity contribution in [1.29, 1.82) is 0 Å². The lowest BCUT2D eigenvalue weighted by Gasteiger charge is -2.32. The molecule has 1 saturated heterocycles. The number of pyridine rings is 1. The first kappa shape index (κ1) is 19.2. The summed E-state index contributed by atoms with van der Waals surface area (Å²) < 4.78 is 8.13. The van der Waals surface area contributed by atoms with Crippen molar-refractivity contribution >= 4 is 22.8 Å². The summed E-state index contributed by atoms with van der Waals surface area (Å²) in [6.07, 6.45) is 5.01. The number of ether oxygens (including phenoxy) is 1. The van der Waals surface area contributed by atoms with Gasteiger partial charge >= 0.3 is 0 Å². The molecule has 0 atom stereocenters. The van der Waals surface area contributed by atoms with Gasteiger partial charge in [0.2, 0.25) is 0 Å². The molecule has 0 N–H and O–H groups in total. The van der Waals surface area contributed by atoms with Gasteiger partial charge in [0, 0.05) is 18.3 Å². The summed E-state index contributed by atoms with van der Waals surface area (Å²) in [6.45, 7) is 5.81. The van der Waals surface area contributed by atoms with E-state index in [0.717, 1.165) is 73.3 Å². The first-order valence-corrected chi connectivity index (χ1v) is 10.4. The molecule has 2 aromatic heterocycles. The van der Waals surface area contributed by atoms with Crippen LogP contribution in [0.4, 0.5) is 0 Å². The lowest BCUT2D eigenvalue weighted by Crippen LogP contribution is -2.33. The predicted molar refractivity (Wildman–Crippen MR) is 113 cm³/mol. The molecule has 1 aromatic carbocycles. The third-order valence-corrected chi connectivity index (χ3v) is 5.81. The van der Waals surface area contributed by atoms with Gasteiger partial charge in [-0.2, -0.15) is 0 Å². The number of nitrogens with zero attached hydrogens (tertiary/aromatic N) is 4. The fourth-order valence-electron chi connectivity index (χ4n) is 4.00. The highest BCUT2D eigenvalue weighted by Crippen LogP contribution is 2.36. The number of fused-ring (bicyclic) bond motifs is 1. The largest absolute Gasteiger partial charge is 0.493 e. The van der Waals surface area contributed by atoms with Crippen LogP contribution in [0.5, 0.6) is 5.75 Å². The highest BCUT2D eigenvalue weighted by molar-refractivity contribution is 6.30. The number of rotatable bonds is 6. The maximum absolute atomic E-state index is 6.28. The fourth-order valence-corrected chi connectivity index (χ4v) is 4.18. The van der Waals surface area contributed by atoms with Gasteiger partial charge < -0.3 is 9.30 Å². The summed E-state index contributed by atoms with van der Waals surface area (Å²) in [5.41, 5.74) is 3.17. The van der Waals surface area contributed by atoms with Gasteiger partial charge in [0.25, 0.3) is 0 Å². The second kappa shape index (κ2) is 8.50. The highest BCUT2D eigenvalue weighted by atomic mass is 35.5. The van der Waals surface area contributed by atoms with Gasteiger partial charge in [-0.1, -0.05) is 18.5 Å². The van der Waals surface area contributed by atoms with Crippen LogP contribution in [0, 0.1) is 0 Å². The van der Waals surface area contributed by atoms with Crippen LogP contribution < -0.4 is 4.74 Å². The van der Waals surface area contributed by atoms with Gasteiger partial charge in [-0.25, -0.2) is 9.97 Å². The van der Waals surface area contributed by atoms with Crippen LogP contribution in [0.25, 0.3) is 11.2 Å². The number of likely N-dealkylation sites (tertiary alicyclic amines) is 1. The smallest absolute Gasteiger partial charge is 0.177 e. The Morgan fingerprint density at radius 3 is 2.79 bits per heavy atom. The zero-order valence-electron chi connectivity index (χ0n) is 16.6. The Morgan fingerprint density at radius 2 is 2.04 bits per heavy atom. The summed E-state index contributed by atoms with van der Waals surface area (Å²) in [5, 5.41) is 0.786. The van der Waals surface area contributed by atoms with Gasteiger partial charge in [0.05, 0.1) is 18.7 Å². The summed E-state index contributed by atoms with van der Waals surface area (Å²) in [4.78, 5) is 11.6. The number of aromatic nitrogens is 3. The van der Waals surface area contributed by atoms with Crippen LogP contribution in [-0.2, 0) is 13.6 Å². The Labute approximate surface area is 171 Å². The third kappa shape index (κ3) is 4.01. The van der Waals surface area contributed by atoms with Gasteiger partial charge in [-0.15, -0.1) is 0 Å². The van der Waals surface area contributed by atoms with Crippen molar-refractivity contribution < 1.29 is 4.74 Å². The van der Waals surface area contributed by atoms with E-state index in [4.69, 9.17) is 21.3 Å². The van der Waals surface area contributed by atoms with Crippen LogP contribution in [-0.4, -0.2) is 39.1 Å². The molecular weight excluding hydrogens is 372 g/mol. The Bertz CT molecular complexity index is 947. The van der Waals surface area contributed by atoms with Crippen molar-refractivity contribution in [1.82, 2.24) is 19.4 Å². The molecule has 0 spiro atoms. The second-order valence-corrected chi connectivity index (χ2v) is 7.95. The van der Waals surface area contributed by atoms with Gasteiger partial charge in [0.1, 0.15) is 11.6 Å². The van der Waals surface area contributed by atoms with E-state index in [0.29, 0.717) is 5.92 Å². The first-order valence-electron chi connectivity index (χ1n) is 10.1. The van der Waals surface area contributed by atoms with Gasteiger partial charge in [-0.3, -0.25) is 4.90 Å². The summed E-state index contributed by atoms with van der Waals surface area (Å²) in [6, 6.07) is 10.1. The standard InChI is InChI=1S/C22H27ClN4O/c1-3-13-28-20-7-6-17(23)14-18(20)16-8-11-27(12-9-16)15-21-25-22-19(26(21)2)5-4-10-24-22/h4-7,10,14,16H,3,8-9,11-13,15H2,1-2H3. The van der Waals surface area contributed by atoms with Crippen molar-refractivity contribution in [2.45, 2.75) is 38.6 Å². The predicted octanol–water partition coefficient (Wildman–Crippen LogP) is 4.79. The lowest BCUT2D eigenvalue weighted by atomic mass is 9.89. The molecule has 1 aliphatic rings. The number of halogens is 1. The fraction of sp³-hybridized carbons (Fsp3) is 0.455. The zero-order valence-corrected chi connectivity index (χ0v) is 17.3. The van der Waals surface area contributed by atoms with Crippen molar-refractivity contribution in [3.63, 3.8) is 0 Å². The molecule has 0 radical (unpaired) electrons. The Morgan fingerprint density at radius 1 is 1.21 bits per heavy atom. The van der Waals surface area contributed by atoms with Crippen LogP contribution in [0.1, 0.15) is 43.5 Å². The van der Waals surface area contributed by atoms with Crippen molar-refractivity contribution in [2.24, 2.45) is 7.05 Å². The van der Waals surface area contributed by atoms with Crippen LogP contribution >= 0.6 is 11.6 Å². The molecule has 0 bridgehead atoms. The molecular formula is C22H27ClN4O. The normalized spacial score (nSPS) is 16.0. The number of piperidine rings is 1. The molecule has 3 heterocycles. The molecule has 1 aliphatic heterocycles. The highest BCUT2D eigenvalue weighted by Gasteiger charge is 2.24. The van der Waals surface area contributed by atoms with E-state index in [-0.39, 0.29) is 0 Å². The molecule has 0 saturated carbocycles. The van der Waals surface area contributed by atoms with E-state index in [1.807, 2.05) is 18.2 Å². The van der Waals surface area contributed by atoms with E-state index >= 15 is 0 Å². The van der Waals surface area contributed by atoms with E-state index < -0.39 is 0 Å². The monoisotopic (exact) mass is 398 g/mol. The van der Waals surface area contributed by atoms with E-state index in [1.165, 1.54) is 5.56 Å². The quantitative estimate of drug-likeness (QED) is 0.598. The topological polar surface area (TPSA) is 43.2 Å².